The Morgan fingerprint density at radius 1 is 1.06 bits per heavy atom. The summed E-state index contributed by atoms with van der Waals surface area (Å²) >= 11 is 0. The van der Waals surface area contributed by atoms with Crippen LogP contribution < -0.4 is 15.4 Å². The van der Waals surface area contributed by atoms with E-state index in [-0.39, 0.29) is 11.9 Å². The Balaban J connectivity index is 1.25. The van der Waals surface area contributed by atoms with Gasteiger partial charge in [-0.3, -0.25) is 14.7 Å². The number of anilines is 3. The molecular formula is C27H33N7O2. The minimum absolute atomic E-state index is 0.188. The van der Waals surface area contributed by atoms with E-state index in [2.05, 4.69) is 50.4 Å². The molecule has 188 valence electrons. The van der Waals surface area contributed by atoms with Gasteiger partial charge in [-0.05, 0) is 56.2 Å². The van der Waals surface area contributed by atoms with Crippen LogP contribution in [0.15, 0.2) is 48.8 Å². The van der Waals surface area contributed by atoms with Crippen molar-refractivity contribution in [2.24, 2.45) is 0 Å². The van der Waals surface area contributed by atoms with Crippen LogP contribution in [0.5, 0.6) is 5.75 Å². The molecule has 0 aliphatic carbocycles. The molecule has 5 rings (SSSR count). The molecule has 2 aliphatic rings. The van der Waals surface area contributed by atoms with Crippen molar-refractivity contribution in [1.29, 1.82) is 0 Å². The number of nitrogens with zero attached hydrogens (tertiary/aromatic N) is 5. The highest BCUT2D eigenvalue weighted by atomic mass is 16.5. The second-order valence-electron chi connectivity index (χ2n) is 9.55. The lowest BCUT2D eigenvalue weighted by atomic mass is 10.1. The molecule has 2 N–H and O–H groups in total. The molecule has 1 unspecified atom stereocenters. The lowest BCUT2D eigenvalue weighted by Gasteiger charge is -2.26. The van der Waals surface area contributed by atoms with Crippen molar-refractivity contribution in [3.05, 3.63) is 54.4 Å². The van der Waals surface area contributed by atoms with E-state index in [4.69, 9.17) is 4.74 Å². The number of nitrogens with one attached hydrogen (secondary N) is 2. The Labute approximate surface area is 211 Å². The first-order chi connectivity index (χ1) is 17.5. The molecule has 0 spiro atoms. The van der Waals surface area contributed by atoms with E-state index in [1.807, 2.05) is 29.2 Å². The minimum atomic E-state index is -0.223. The summed E-state index contributed by atoms with van der Waals surface area (Å²) in [7, 11) is 1.63. The van der Waals surface area contributed by atoms with Crippen LogP contribution in [0, 0.1) is 0 Å². The molecule has 0 radical (unpaired) electrons. The number of pyridine rings is 1. The fourth-order valence-corrected chi connectivity index (χ4v) is 4.85. The zero-order chi connectivity index (χ0) is 25.1. The molecule has 9 heteroatoms. The molecule has 36 heavy (non-hydrogen) atoms. The van der Waals surface area contributed by atoms with Crippen LogP contribution in [-0.4, -0.2) is 76.0 Å². The number of carbonyl (C=O) groups is 1. The quantitative estimate of drug-likeness (QED) is 0.545. The number of ether oxygens (including phenoxy) is 1. The molecule has 0 bridgehead atoms. The molecular weight excluding hydrogens is 454 g/mol. The fraction of sp³-hybridized carbons (Fsp3) is 0.407. The average molecular weight is 488 g/mol. The van der Waals surface area contributed by atoms with Gasteiger partial charge in [0.15, 0.2) is 0 Å². The van der Waals surface area contributed by atoms with Gasteiger partial charge in [0.1, 0.15) is 11.8 Å². The van der Waals surface area contributed by atoms with Crippen molar-refractivity contribution >= 4 is 23.2 Å². The van der Waals surface area contributed by atoms with E-state index in [1.54, 1.807) is 25.6 Å². The Morgan fingerprint density at radius 2 is 1.92 bits per heavy atom. The van der Waals surface area contributed by atoms with E-state index < -0.39 is 0 Å². The third-order valence-electron chi connectivity index (χ3n) is 6.87. The zero-order valence-corrected chi connectivity index (χ0v) is 21.1. The van der Waals surface area contributed by atoms with Crippen LogP contribution in [0.2, 0.25) is 0 Å². The first-order valence-corrected chi connectivity index (χ1v) is 12.5. The maximum Gasteiger partial charge on any atom is 0.245 e. The third-order valence-corrected chi connectivity index (χ3v) is 6.87. The zero-order valence-electron chi connectivity index (χ0n) is 21.1. The van der Waals surface area contributed by atoms with Crippen molar-refractivity contribution in [1.82, 2.24) is 24.8 Å². The van der Waals surface area contributed by atoms with Gasteiger partial charge in [-0.15, -0.1) is 0 Å². The van der Waals surface area contributed by atoms with E-state index >= 15 is 0 Å². The first-order valence-electron chi connectivity index (χ1n) is 12.5. The number of benzene rings is 1. The van der Waals surface area contributed by atoms with E-state index in [1.165, 1.54) is 0 Å². The number of amides is 1. The first kappa shape index (κ1) is 24.0. The normalized spacial score (nSPS) is 17.9. The summed E-state index contributed by atoms with van der Waals surface area (Å²) < 4.78 is 5.30. The van der Waals surface area contributed by atoms with Crippen molar-refractivity contribution in [3.8, 4) is 17.1 Å². The minimum Gasteiger partial charge on any atom is -0.497 e. The van der Waals surface area contributed by atoms with Crippen LogP contribution in [0.4, 0.5) is 17.3 Å². The highest BCUT2D eigenvalue weighted by Gasteiger charge is 2.31. The summed E-state index contributed by atoms with van der Waals surface area (Å²) in [6.07, 6.45) is 5.09. The molecule has 1 atom stereocenters. The van der Waals surface area contributed by atoms with Gasteiger partial charge in [0.25, 0.3) is 0 Å². The summed E-state index contributed by atoms with van der Waals surface area (Å²) in [5.41, 5.74) is 4.41. The lowest BCUT2D eigenvalue weighted by Crippen LogP contribution is -2.44. The molecule has 1 aromatic carbocycles. The highest BCUT2D eigenvalue weighted by molar-refractivity contribution is 5.88. The Hall–Kier alpha value is -3.72. The standard InChI is InChI=1S/C27H33N7O2/c1-18(2)33-11-4-12-34(14-13-33)26(35)25-16-19-15-20(5-6-22(19)31-25)30-27-29-10-8-23(32-27)24-17-21(36-3)7-9-28-24/h5-10,15,17-18,25,31H,4,11-14,16H2,1-3H3,(H,29,30,32). The Morgan fingerprint density at radius 3 is 2.75 bits per heavy atom. The van der Waals surface area contributed by atoms with Gasteiger partial charge in [0.2, 0.25) is 11.9 Å². The van der Waals surface area contributed by atoms with Crippen LogP contribution in [0.25, 0.3) is 11.4 Å². The third kappa shape index (κ3) is 5.26. The Kier molecular flexibility index (Phi) is 6.99. The van der Waals surface area contributed by atoms with Gasteiger partial charge in [0.05, 0.1) is 18.5 Å². The van der Waals surface area contributed by atoms with Crippen molar-refractivity contribution < 1.29 is 9.53 Å². The van der Waals surface area contributed by atoms with Gasteiger partial charge >= 0.3 is 0 Å². The molecule has 3 aromatic rings. The van der Waals surface area contributed by atoms with Crippen molar-refractivity contribution in [2.75, 3.05) is 43.9 Å². The molecule has 0 saturated carbocycles. The van der Waals surface area contributed by atoms with Crippen LogP contribution in [0.3, 0.4) is 0 Å². The number of rotatable bonds is 6. The molecule has 1 fully saturated rings. The van der Waals surface area contributed by atoms with Gasteiger partial charge in [0, 0.05) is 68.5 Å². The predicted molar refractivity (Wildman–Crippen MR) is 141 cm³/mol. The van der Waals surface area contributed by atoms with E-state index in [9.17, 15) is 4.79 Å². The number of carbonyl (C=O) groups excluding carboxylic acids is 1. The number of methoxy groups -OCH3 is 1. The smallest absolute Gasteiger partial charge is 0.245 e. The second kappa shape index (κ2) is 10.5. The predicted octanol–water partition coefficient (Wildman–Crippen LogP) is 3.57. The van der Waals surface area contributed by atoms with Crippen molar-refractivity contribution in [2.45, 2.75) is 38.8 Å². The summed E-state index contributed by atoms with van der Waals surface area (Å²) in [5.74, 6) is 1.39. The second-order valence-corrected chi connectivity index (χ2v) is 9.55. The highest BCUT2D eigenvalue weighted by Crippen LogP contribution is 2.30. The van der Waals surface area contributed by atoms with Gasteiger partial charge in [-0.25, -0.2) is 9.97 Å². The summed E-state index contributed by atoms with van der Waals surface area (Å²) in [5, 5.41) is 6.73. The van der Waals surface area contributed by atoms with Crippen LogP contribution in [-0.2, 0) is 11.2 Å². The van der Waals surface area contributed by atoms with Gasteiger partial charge < -0.3 is 20.3 Å². The number of hydrogen-bond acceptors (Lipinski definition) is 8. The molecule has 9 nitrogen and oxygen atoms in total. The topological polar surface area (TPSA) is 95.5 Å². The van der Waals surface area contributed by atoms with Crippen LogP contribution in [0.1, 0.15) is 25.8 Å². The van der Waals surface area contributed by atoms with E-state index in [0.29, 0.717) is 29.8 Å². The maximum absolute atomic E-state index is 13.3. The fourth-order valence-electron chi connectivity index (χ4n) is 4.85. The summed E-state index contributed by atoms with van der Waals surface area (Å²) in [6, 6.07) is 11.8. The van der Waals surface area contributed by atoms with E-state index in [0.717, 1.165) is 55.3 Å². The lowest BCUT2D eigenvalue weighted by molar-refractivity contribution is -0.131. The molecule has 2 aliphatic heterocycles. The van der Waals surface area contributed by atoms with Gasteiger partial charge in [-0.2, -0.15) is 0 Å². The largest absolute Gasteiger partial charge is 0.497 e. The monoisotopic (exact) mass is 487 g/mol. The molecule has 1 saturated heterocycles. The SMILES string of the molecule is COc1ccnc(-c2ccnc(Nc3ccc4c(c3)CC(C(=O)N3CCCN(C(C)C)CC3)N4)n2)c1. The summed E-state index contributed by atoms with van der Waals surface area (Å²) in [6.45, 7) is 8.02. The Bertz CT molecular complexity index is 1230. The van der Waals surface area contributed by atoms with Crippen molar-refractivity contribution in [3.63, 3.8) is 0 Å². The summed E-state index contributed by atoms with van der Waals surface area (Å²) in [4.78, 5) is 31.1. The number of aromatic nitrogens is 3. The number of hydrogen-bond donors (Lipinski definition) is 2. The molecule has 4 heterocycles. The molecule has 1 amide bonds. The number of fused-ring (bicyclic) bond motifs is 1. The average Bonchev–Trinajstić information content (AvgIpc) is 3.16. The maximum atomic E-state index is 13.3. The molecule has 2 aromatic heterocycles. The van der Waals surface area contributed by atoms with Gasteiger partial charge in [-0.1, -0.05) is 0 Å². The van der Waals surface area contributed by atoms with Crippen LogP contribution >= 0.6 is 0 Å².